The van der Waals surface area contributed by atoms with E-state index in [2.05, 4.69) is 5.48 Å². The van der Waals surface area contributed by atoms with Gasteiger partial charge in [-0.25, -0.2) is 5.48 Å². The molecule has 1 aromatic heterocycles. The van der Waals surface area contributed by atoms with Gasteiger partial charge in [0.1, 0.15) is 5.58 Å². The molecule has 1 heterocycles. The van der Waals surface area contributed by atoms with Crippen LogP contribution in [0.2, 0.25) is 5.22 Å². The lowest BCUT2D eigenvalue weighted by Gasteiger charge is -1.94. The number of halogens is 1. The van der Waals surface area contributed by atoms with Crippen LogP contribution in [0.1, 0.15) is 5.56 Å². The molecule has 0 saturated carbocycles. The molecule has 2 aromatic rings. The number of fused-ring (bicyclic) bond motifs is 1. The maximum absolute atomic E-state index is 8.57. The van der Waals surface area contributed by atoms with E-state index in [0.717, 1.165) is 16.5 Å². The second-order valence-corrected chi connectivity index (χ2v) is 3.03. The average Bonchev–Trinajstić information content (AvgIpc) is 2.44. The molecule has 1 aromatic carbocycles. The summed E-state index contributed by atoms with van der Waals surface area (Å²) in [5, 5.41) is 9.82. The Morgan fingerprint density at radius 2 is 2.15 bits per heavy atom. The first-order chi connectivity index (χ1) is 6.33. The Balaban J connectivity index is 2.64. The number of nitrogens with one attached hydrogen (secondary N) is 1. The highest BCUT2D eigenvalue weighted by Crippen LogP contribution is 2.28. The lowest BCUT2D eigenvalue weighted by Crippen LogP contribution is -2.05. The van der Waals surface area contributed by atoms with Crippen molar-refractivity contribution < 1.29 is 9.62 Å². The Morgan fingerprint density at radius 3 is 2.92 bits per heavy atom. The van der Waals surface area contributed by atoms with Gasteiger partial charge in [-0.05, 0) is 17.7 Å². The van der Waals surface area contributed by atoms with E-state index < -0.39 is 0 Å². The van der Waals surface area contributed by atoms with E-state index in [9.17, 15) is 0 Å². The zero-order valence-corrected chi connectivity index (χ0v) is 7.51. The van der Waals surface area contributed by atoms with E-state index in [-0.39, 0.29) is 6.54 Å². The van der Waals surface area contributed by atoms with Crippen LogP contribution in [0.5, 0.6) is 0 Å². The number of rotatable bonds is 2. The van der Waals surface area contributed by atoms with E-state index in [0.29, 0.717) is 5.22 Å². The van der Waals surface area contributed by atoms with Crippen LogP contribution in [-0.4, -0.2) is 5.21 Å². The molecule has 4 heteroatoms. The standard InChI is InChI=1S/C9H8ClNO2/c10-9-7(5-11-12)6-3-1-2-4-8(6)13-9/h1-4,11-12H,5H2. The predicted molar refractivity (Wildman–Crippen MR) is 49.9 cm³/mol. The summed E-state index contributed by atoms with van der Waals surface area (Å²) in [4.78, 5) is 0. The molecule has 0 atom stereocenters. The summed E-state index contributed by atoms with van der Waals surface area (Å²) in [6, 6.07) is 7.51. The van der Waals surface area contributed by atoms with Crippen molar-refractivity contribution in [2.24, 2.45) is 0 Å². The summed E-state index contributed by atoms with van der Waals surface area (Å²) < 4.78 is 5.27. The van der Waals surface area contributed by atoms with Crippen LogP contribution in [-0.2, 0) is 6.54 Å². The molecule has 0 radical (unpaired) electrons. The number of hydrogen-bond donors (Lipinski definition) is 2. The highest BCUT2D eigenvalue weighted by atomic mass is 35.5. The lowest BCUT2D eigenvalue weighted by atomic mass is 10.2. The number of para-hydroxylation sites is 1. The van der Waals surface area contributed by atoms with Crippen LogP contribution >= 0.6 is 11.6 Å². The van der Waals surface area contributed by atoms with E-state index in [1.807, 2.05) is 24.3 Å². The maximum atomic E-state index is 8.57. The topological polar surface area (TPSA) is 45.4 Å². The van der Waals surface area contributed by atoms with Gasteiger partial charge in [-0.15, -0.1) is 0 Å². The van der Waals surface area contributed by atoms with Gasteiger partial charge in [-0.2, -0.15) is 0 Å². The Hall–Kier alpha value is -1.03. The largest absolute Gasteiger partial charge is 0.444 e. The quantitative estimate of drug-likeness (QED) is 0.728. The van der Waals surface area contributed by atoms with Gasteiger partial charge < -0.3 is 9.62 Å². The van der Waals surface area contributed by atoms with Gasteiger partial charge in [0, 0.05) is 10.9 Å². The Kier molecular flexibility index (Phi) is 2.22. The molecule has 2 N–H and O–H groups in total. The fraction of sp³-hybridized carbons (Fsp3) is 0.111. The number of hydroxylamine groups is 1. The van der Waals surface area contributed by atoms with Crippen molar-refractivity contribution in [1.82, 2.24) is 5.48 Å². The summed E-state index contributed by atoms with van der Waals surface area (Å²) in [5.74, 6) is 0. The van der Waals surface area contributed by atoms with E-state index >= 15 is 0 Å². The highest BCUT2D eigenvalue weighted by molar-refractivity contribution is 6.30. The first-order valence-corrected chi connectivity index (χ1v) is 4.23. The lowest BCUT2D eigenvalue weighted by molar-refractivity contribution is 0.161. The van der Waals surface area contributed by atoms with Gasteiger partial charge in [0.05, 0.1) is 6.54 Å². The Labute approximate surface area is 79.9 Å². The minimum Gasteiger partial charge on any atom is -0.444 e. The van der Waals surface area contributed by atoms with Gasteiger partial charge in [0.15, 0.2) is 5.22 Å². The molecule has 0 fully saturated rings. The molecule has 0 unspecified atom stereocenters. The van der Waals surface area contributed by atoms with E-state index in [4.69, 9.17) is 21.2 Å². The third-order valence-electron chi connectivity index (χ3n) is 1.90. The molecule has 0 spiro atoms. The molecule has 13 heavy (non-hydrogen) atoms. The molecule has 0 aliphatic heterocycles. The summed E-state index contributed by atoms with van der Waals surface area (Å²) in [6.45, 7) is 0.288. The van der Waals surface area contributed by atoms with E-state index in [1.54, 1.807) is 0 Å². The molecule has 0 amide bonds. The van der Waals surface area contributed by atoms with Crippen LogP contribution < -0.4 is 5.48 Å². The molecule has 2 rings (SSSR count). The SMILES string of the molecule is ONCc1c(Cl)oc2ccccc12. The zero-order valence-electron chi connectivity index (χ0n) is 6.75. The first kappa shape index (κ1) is 8.56. The number of hydrogen-bond acceptors (Lipinski definition) is 3. The fourth-order valence-corrected chi connectivity index (χ4v) is 1.56. The molecule has 68 valence electrons. The average molecular weight is 198 g/mol. The molecule has 3 nitrogen and oxygen atoms in total. The Bertz CT molecular complexity index is 424. The van der Waals surface area contributed by atoms with Crippen LogP contribution in [0, 0.1) is 0 Å². The highest BCUT2D eigenvalue weighted by Gasteiger charge is 2.10. The minimum absolute atomic E-state index is 0.288. The van der Waals surface area contributed by atoms with Crippen molar-refractivity contribution in [1.29, 1.82) is 0 Å². The summed E-state index contributed by atoms with van der Waals surface area (Å²) in [5.41, 5.74) is 3.57. The van der Waals surface area contributed by atoms with Gasteiger partial charge in [-0.1, -0.05) is 18.2 Å². The second-order valence-electron chi connectivity index (χ2n) is 2.69. The number of benzene rings is 1. The molecule has 0 aliphatic carbocycles. The summed E-state index contributed by atoms with van der Waals surface area (Å²) in [6.07, 6.45) is 0. The van der Waals surface area contributed by atoms with Crippen LogP contribution in [0.4, 0.5) is 0 Å². The molecular formula is C9H8ClNO2. The molecular weight excluding hydrogens is 190 g/mol. The molecule has 0 aliphatic rings. The minimum atomic E-state index is 0.288. The monoisotopic (exact) mass is 197 g/mol. The fourth-order valence-electron chi connectivity index (χ4n) is 1.31. The van der Waals surface area contributed by atoms with Gasteiger partial charge in [0.2, 0.25) is 0 Å². The number of furan rings is 1. The summed E-state index contributed by atoms with van der Waals surface area (Å²) >= 11 is 5.83. The predicted octanol–water partition coefficient (Wildman–Crippen LogP) is 2.57. The van der Waals surface area contributed by atoms with E-state index in [1.165, 1.54) is 0 Å². The van der Waals surface area contributed by atoms with Crippen molar-refractivity contribution >= 4 is 22.6 Å². The first-order valence-electron chi connectivity index (χ1n) is 3.86. The second kappa shape index (κ2) is 3.38. The molecule has 0 saturated heterocycles. The zero-order chi connectivity index (χ0) is 9.26. The van der Waals surface area contributed by atoms with Crippen molar-refractivity contribution in [3.05, 3.63) is 35.0 Å². The van der Waals surface area contributed by atoms with Crippen LogP contribution in [0.25, 0.3) is 11.0 Å². The Morgan fingerprint density at radius 1 is 1.38 bits per heavy atom. The third kappa shape index (κ3) is 1.42. The van der Waals surface area contributed by atoms with Gasteiger partial charge in [0.25, 0.3) is 0 Å². The van der Waals surface area contributed by atoms with Crippen molar-refractivity contribution in [3.63, 3.8) is 0 Å². The molecule has 0 bridgehead atoms. The van der Waals surface area contributed by atoms with Crippen molar-refractivity contribution in [2.75, 3.05) is 0 Å². The van der Waals surface area contributed by atoms with Crippen LogP contribution in [0.3, 0.4) is 0 Å². The van der Waals surface area contributed by atoms with Crippen LogP contribution in [0.15, 0.2) is 28.7 Å². The van der Waals surface area contributed by atoms with Gasteiger partial charge in [-0.3, -0.25) is 0 Å². The maximum Gasteiger partial charge on any atom is 0.199 e. The summed E-state index contributed by atoms with van der Waals surface area (Å²) in [7, 11) is 0. The smallest absolute Gasteiger partial charge is 0.199 e. The van der Waals surface area contributed by atoms with Crippen molar-refractivity contribution in [2.45, 2.75) is 6.54 Å². The van der Waals surface area contributed by atoms with Gasteiger partial charge >= 0.3 is 0 Å². The normalized spacial score (nSPS) is 10.9. The van der Waals surface area contributed by atoms with Crippen molar-refractivity contribution in [3.8, 4) is 0 Å². The third-order valence-corrected chi connectivity index (χ3v) is 2.21.